The summed E-state index contributed by atoms with van der Waals surface area (Å²) in [5, 5.41) is 0. The van der Waals surface area contributed by atoms with Crippen molar-refractivity contribution in [1.82, 2.24) is 14.8 Å². The van der Waals surface area contributed by atoms with Gasteiger partial charge >= 0.3 is 6.09 Å². The molecule has 2 amide bonds. The smallest absolute Gasteiger partial charge is 0.410 e. The van der Waals surface area contributed by atoms with Crippen molar-refractivity contribution in [2.75, 3.05) is 50.0 Å². The summed E-state index contributed by atoms with van der Waals surface area (Å²) >= 11 is 0. The van der Waals surface area contributed by atoms with Crippen LogP contribution in [-0.4, -0.2) is 77.8 Å². The van der Waals surface area contributed by atoms with E-state index in [9.17, 15) is 9.59 Å². The van der Waals surface area contributed by atoms with Gasteiger partial charge in [-0.3, -0.25) is 4.79 Å². The first-order chi connectivity index (χ1) is 14.2. The third kappa shape index (κ3) is 4.16. The lowest BCUT2D eigenvalue weighted by Gasteiger charge is -2.37. The maximum atomic E-state index is 13.1. The first-order valence-electron chi connectivity index (χ1n) is 10.6. The summed E-state index contributed by atoms with van der Waals surface area (Å²) in [5.74, 6) is 0.627. The number of amides is 2. The monoisotopic (exact) mass is 417 g/mol. The number of likely N-dealkylation sites (tertiary alicyclic amines) is 1. The number of nitrogen functional groups attached to an aromatic ring is 1. The van der Waals surface area contributed by atoms with Gasteiger partial charge < -0.3 is 29.9 Å². The van der Waals surface area contributed by atoms with E-state index in [1.54, 1.807) is 4.90 Å². The van der Waals surface area contributed by atoms with E-state index in [1.165, 1.54) is 0 Å². The second-order valence-corrected chi connectivity index (χ2v) is 9.14. The molecule has 0 saturated carbocycles. The quantitative estimate of drug-likeness (QED) is 0.784. The number of aromatic nitrogens is 1. The molecule has 3 aliphatic rings. The summed E-state index contributed by atoms with van der Waals surface area (Å²) in [6.07, 6.45) is 1.16. The number of carbonyl (C=O) groups excluding carboxylic acids is 2. The number of anilines is 2. The van der Waals surface area contributed by atoms with E-state index < -0.39 is 5.60 Å². The summed E-state index contributed by atoms with van der Waals surface area (Å²) in [5.41, 5.74) is 7.73. The topological polar surface area (TPSA) is 101 Å². The van der Waals surface area contributed by atoms with E-state index in [0.29, 0.717) is 50.0 Å². The van der Waals surface area contributed by atoms with Crippen LogP contribution in [0, 0.1) is 0 Å². The van der Waals surface area contributed by atoms with E-state index >= 15 is 0 Å². The van der Waals surface area contributed by atoms with Crippen LogP contribution in [0.1, 0.15) is 49.7 Å². The van der Waals surface area contributed by atoms with Crippen molar-refractivity contribution >= 4 is 23.5 Å². The van der Waals surface area contributed by atoms with Gasteiger partial charge in [-0.25, -0.2) is 9.78 Å². The highest BCUT2D eigenvalue weighted by atomic mass is 16.6. The third-order valence-corrected chi connectivity index (χ3v) is 5.78. The van der Waals surface area contributed by atoms with Crippen LogP contribution in [0.25, 0.3) is 0 Å². The van der Waals surface area contributed by atoms with Crippen molar-refractivity contribution in [3.63, 3.8) is 0 Å². The summed E-state index contributed by atoms with van der Waals surface area (Å²) in [6.45, 7) is 9.97. The molecule has 0 aromatic carbocycles. The Bertz CT molecular complexity index is 823. The molecule has 30 heavy (non-hydrogen) atoms. The molecule has 9 nitrogen and oxygen atoms in total. The molecule has 2 N–H and O–H groups in total. The van der Waals surface area contributed by atoms with E-state index in [0.717, 1.165) is 31.5 Å². The number of carbonyl (C=O) groups is 2. The SMILES string of the molecule is CC(C)(C)OC(=O)N1CCC(N2Cc3cc(N)c(N4CCOCC4)nc3C2=O)CC1. The minimum atomic E-state index is -0.510. The fourth-order valence-electron chi connectivity index (χ4n) is 4.27. The number of pyridine rings is 1. The molecule has 0 aliphatic carbocycles. The molecule has 9 heteroatoms. The molecule has 164 valence electrons. The van der Waals surface area contributed by atoms with Crippen molar-refractivity contribution in [2.24, 2.45) is 0 Å². The van der Waals surface area contributed by atoms with Gasteiger partial charge in [0.05, 0.1) is 18.9 Å². The van der Waals surface area contributed by atoms with E-state index in [1.807, 2.05) is 31.7 Å². The van der Waals surface area contributed by atoms with Crippen molar-refractivity contribution in [3.8, 4) is 0 Å². The predicted molar refractivity (Wildman–Crippen MR) is 112 cm³/mol. The van der Waals surface area contributed by atoms with Crippen LogP contribution in [0.2, 0.25) is 0 Å². The Kier molecular flexibility index (Phi) is 5.48. The maximum Gasteiger partial charge on any atom is 0.410 e. The minimum Gasteiger partial charge on any atom is -0.444 e. The summed E-state index contributed by atoms with van der Waals surface area (Å²) in [6, 6.07) is 1.97. The fraction of sp³-hybridized carbons (Fsp3) is 0.667. The van der Waals surface area contributed by atoms with Crippen molar-refractivity contribution in [3.05, 3.63) is 17.3 Å². The van der Waals surface area contributed by atoms with Crippen molar-refractivity contribution < 1.29 is 19.1 Å². The molecule has 0 radical (unpaired) electrons. The molecule has 4 rings (SSSR count). The van der Waals surface area contributed by atoms with Gasteiger partial charge in [-0.15, -0.1) is 0 Å². The van der Waals surface area contributed by atoms with Gasteiger partial charge in [0, 0.05) is 44.3 Å². The molecule has 3 aliphatic heterocycles. The Labute approximate surface area is 177 Å². The largest absolute Gasteiger partial charge is 0.444 e. The average Bonchev–Trinajstić information content (AvgIpc) is 3.02. The standard InChI is InChI=1S/C21H31N5O4/c1-21(2,3)30-20(28)25-6-4-15(5-7-25)26-13-14-12-16(22)18(23-17(14)19(26)27)24-8-10-29-11-9-24/h12,15H,4-11,13,22H2,1-3H3. The Morgan fingerprint density at radius 1 is 1.20 bits per heavy atom. The molecule has 1 aromatic rings. The molecule has 2 fully saturated rings. The molecule has 0 atom stereocenters. The van der Waals surface area contributed by atoms with Gasteiger partial charge in [0.1, 0.15) is 11.3 Å². The van der Waals surface area contributed by atoms with Crippen LogP contribution in [0.5, 0.6) is 0 Å². The fourth-order valence-corrected chi connectivity index (χ4v) is 4.27. The Hall–Kier alpha value is -2.55. The van der Waals surface area contributed by atoms with Crippen molar-refractivity contribution in [2.45, 2.75) is 51.8 Å². The number of rotatable bonds is 2. The van der Waals surface area contributed by atoms with Gasteiger partial charge in [0.15, 0.2) is 5.82 Å². The lowest BCUT2D eigenvalue weighted by Crippen LogP contribution is -2.48. The van der Waals surface area contributed by atoms with Crippen LogP contribution in [0.4, 0.5) is 16.3 Å². The molecular formula is C21H31N5O4. The molecule has 4 heterocycles. The summed E-state index contributed by atoms with van der Waals surface area (Å²) in [4.78, 5) is 35.8. The number of morpholine rings is 1. The molecule has 0 bridgehead atoms. The number of piperidine rings is 1. The van der Waals surface area contributed by atoms with Gasteiger partial charge in [0.2, 0.25) is 0 Å². The number of nitrogens with zero attached hydrogens (tertiary/aromatic N) is 4. The van der Waals surface area contributed by atoms with Crippen LogP contribution < -0.4 is 10.6 Å². The van der Waals surface area contributed by atoms with Crippen molar-refractivity contribution in [1.29, 1.82) is 0 Å². The van der Waals surface area contributed by atoms with Crippen LogP contribution in [0.15, 0.2) is 6.07 Å². The normalized spacial score (nSPS) is 20.5. The van der Waals surface area contributed by atoms with Gasteiger partial charge in [0.25, 0.3) is 5.91 Å². The van der Waals surface area contributed by atoms with E-state index in [-0.39, 0.29) is 18.0 Å². The van der Waals surface area contributed by atoms with E-state index in [4.69, 9.17) is 15.2 Å². The Morgan fingerprint density at radius 3 is 2.50 bits per heavy atom. The Morgan fingerprint density at radius 2 is 1.87 bits per heavy atom. The average molecular weight is 418 g/mol. The minimum absolute atomic E-state index is 0.0461. The number of ether oxygens (including phenoxy) is 2. The number of hydrogen-bond donors (Lipinski definition) is 1. The first-order valence-corrected chi connectivity index (χ1v) is 10.6. The number of hydrogen-bond acceptors (Lipinski definition) is 7. The van der Waals surface area contributed by atoms with Gasteiger partial charge in [-0.2, -0.15) is 0 Å². The molecule has 0 unspecified atom stereocenters. The van der Waals surface area contributed by atoms with Crippen LogP contribution >= 0.6 is 0 Å². The zero-order chi connectivity index (χ0) is 21.5. The molecule has 2 saturated heterocycles. The summed E-state index contributed by atoms with van der Waals surface area (Å²) < 4.78 is 10.9. The molecular weight excluding hydrogens is 386 g/mol. The second kappa shape index (κ2) is 7.94. The first kappa shape index (κ1) is 20.7. The zero-order valence-electron chi connectivity index (χ0n) is 18.0. The second-order valence-electron chi connectivity index (χ2n) is 9.14. The highest BCUT2D eigenvalue weighted by Crippen LogP contribution is 2.32. The number of fused-ring (bicyclic) bond motifs is 1. The molecule has 0 spiro atoms. The van der Waals surface area contributed by atoms with Gasteiger partial charge in [-0.1, -0.05) is 0 Å². The summed E-state index contributed by atoms with van der Waals surface area (Å²) in [7, 11) is 0. The van der Waals surface area contributed by atoms with E-state index in [2.05, 4.69) is 9.88 Å². The number of nitrogens with two attached hydrogens (primary N) is 1. The highest BCUT2D eigenvalue weighted by Gasteiger charge is 2.38. The zero-order valence-corrected chi connectivity index (χ0v) is 18.0. The van der Waals surface area contributed by atoms with Gasteiger partial charge in [-0.05, 0) is 39.7 Å². The van der Waals surface area contributed by atoms with Crippen LogP contribution in [0.3, 0.4) is 0 Å². The predicted octanol–water partition coefficient (Wildman–Crippen LogP) is 1.86. The highest BCUT2D eigenvalue weighted by molar-refractivity contribution is 5.98. The third-order valence-electron chi connectivity index (χ3n) is 5.78. The Balaban J connectivity index is 1.42. The van der Waals surface area contributed by atoms with Crippen LogP contribution in [-0.2, 0) is 16.0 Å². The lowest BCUT2D eigenvalue weighted by atomic mass is 10.0. The maximum absolute atomic E-state index is 13.1. The lowest BCUT2D eigenvalue weighted by molar-refractivity contribution is 0.0148. The molecule has 1 aromatic heterocycles.